The van der Waals surface area contributed by atoms with Gasteiger partial charge in [-0.25, -0.2) is 0 Å². The molecule has 0 saturated carbocycles. The zero-order valence-corrected chi connectivity index (χ0v) is 16.5. The molecule has 4 heteroatoms. The molecular weight excluding hydrogens is 362 g/mol. The van der Waals surface area contributed by atoms with Gasteiger partial charge in [-0.05, 0) is 35.7 Å². The summed E-state index contributed by atoms with van der Waals surface area (Å²) in [5.41, 5.74) is 4.52. The van der Waals surface area contributed by atoms with Crippen molar-refractivity contribution in [3.05, 3.63) is 107 Å². The number of aryl methyl sites for hydroxylation is 1. The third kappa shape index (κ3) is 3.61. The Morgan fingerprint density at radius 2 is 1.69 bits per heavy atom. The third-order valence-corrected chi connectivity index (χ3v) is 5.27. The van der Waals surface area contributed by atoms with Gasteiger partial charge in [0.15, 0.2) is 5.76 Å². The van der Waals surface area contributed by atoms with E-state index >= 15 is 0 Å². The number of ether oxygens (including phenoxy) is 1. The van der Waals surface area contributed by atoms with Crippen molar-refractivity contribution in [2.24, 2.45) is 0 Å². The van der Waals surface area contributed by atoms with Gasteiger partial charge in [-0.1, -0.05) is 72.3 Å². The van der Waals surface area contributed by atoms with Crippen LogP contribution in [0.3, 0.4) is 0 Å². The summed E-state index contributed by atoms with van der Waals surface area (Å²) >= 11 is 0. The third-order valence-electron chi connectivity index (χ3n) is 5.27. The fourth-order valence-electron chi connectivity index (χ4n) is 3.79. The van der Waals surface area contributed by atoms with E-state index in [4.69, 9.17) is 4.74 Å². The standard InChI is InChI=1S/C25H23NO3/c1-17-11-13-19(14-12-17)22-23(20-8-4-3-5-9-20)26(25(28)24(22)27)16-18-7-6-10-21(15-18)29-2/h3-15,23,27H,16H2,1-2H3/t23-/m0/s1. The summed E-state index contributed by atoms with van der Waals surface area (Å²) < 4.78 is 5.32. The van der Waals surface area contributed by atoms with Crippen LogP contribution in [0.2, 0.25) is 0 Å². The molecule has 1 atom stereocenters. The first-order valence-corrected chi connectivity index (χ1v) is 9.57. The van der Waals surface area contributed by atoms with Gasteiger partial charge in [0, 0.05) is 12.1 Å². The highest BCUT2D eigenvalue weighted by molar-refractivity contribution is 6.05. The molecule has 0 aromatic heterocycles. The van der Waals surface area contributed by atoms with Gasteiger partial charge in [0.2, 0.25) is 0 Å². The van der Waals surface area contributed by atoms with Crippen LogP contribution in [0.25, 0.3) is 5.57 Å². The number of hydrogen-bond acceptors (Lipinski definition) is 3. The molecule has 0 spiro atoms. The number of methoxy groups -OCH3 is 1. The molecule has 146 valence electrons. The van der Waals surface area contributed by atoms with Crippen LogP contribution >= 0.6 is 0 Å². The molecule has 0 saturated heterocycles. The summed E-state index contributed by atoms with van der Waals surface area (Å²) in [7, 11) is 1.62. The van der Waals surface area contributed by atoms with Gasteiger partial charge in [0.1, 0.15) is 5.75 Å². The molecular formula is C25H23NO3. The molecule has 29 heavy (non-hydrogen) atoms. The summed E-state index contributed by atoms with van der Waals surface area (Å²) in [5.74, 6) is 0.184. The smallest absolute Gasteiger partial charge is 0.290 e. The van der Waals surface area contributed by atoms with E-state index in [1.807, 2.05) is 85.8 Å². The van der Waals surface area contributed by atoms with E-state index in [1.165, 1.54) is 0 Å². The Hall–Kier alpha value is -3.53. The Balaban J connectivity index is 1.79. The lowest BCUT2D eigenvalue weighted by Gasteiger charge is -2.27. The second-order valence-electron chi connectivity index (χ2n) is 7.23. The first kappa shape index (κ1) is 18.8. The van der Waals surface area contributed by atoms with Crippen LogP contribution in [0.5, 0.6) is 5.75 Å². The first-order chi connectivity index (χ1) is 14.1. The number of benzene rings is 3. The first-order valence-electron chi connectivity index (χ1n) is 9.57. The highest BCUT2D eigenvalue weighted by Crippen LogP contribution is 2.43. The number of carbonyl (C=O) groups excluding carboxylic acids is 1. The largest absolute Gasteiger partial charge is 0.503 e. The summed E-state index contributed by atoms with van der Waals surface area (Å²) in [4.78, 5) is 14.8. The summed E-state index contributed by atoms with van der Waals surface area (Å²) in [6.45, 7) is 2.39. The lowest BCUT2D eigenvalue weighted by atomic mass is 9.93. The van der Waals surface area contributed by atoms with Crippen LogP contribution in [0.4, 0.5) is 0 Å². The highest BCUT2D eigenvalue weighted by atomic mass is 16.5. The van der Waals surface area contributed by atoms with Crippen molar-refractivity contribution >= 4 is 11.5 Å². The number of nitrogens with zero attached hydrogens (tertiary/aromatic N) is 1. The summed E-state index contributed by atoms with van der Waals surface area (Å²) in [6.07, 6.45) is 0. The minimum Gasteiger partial charge on any atom is -0.503 e. The number of amides is 1. The Bertz CT molecular complexity index is 1050. The molecule has 1 N–H and O–H groups in total. The van der Waals surface area contributed by atoms with Gasteiger partial charge in [-0.15, -0.1) is 0 Å². The van der Waals surface area contributed by atoms with E-state index in [9.17, 15) is 9.90 Å². The maximum atomic E-state index is 13.1. The van der Waals surface area contributed by atoms with Crippen LogP contribution in [0.15, 0.2) is 84.6 Å². The van der Waals surface area contributed by atoms with Crippen molar-refractivity contribution < 1.29 is 14.6 Å². The molecule has 1 heterocycles. The van der Waals surface area contributed by atoms with E-state index in [-0.39, 0.29) is 17.7 Å². The number of hydrogen-bond donors (Lipinski definition) is 1. The fourth-order valence-corrected chi connectivity index (χ4v) is 3.79. The molecule has 3 aromatic carbocycles. The van der Waals surface area contributed by atoms with E-state index in [2.05, 4.69) is 0 Å². The van der Waals surface area contributed by atoms with Gasteiger partial charge < -0.3 is 14.7 Å². The molecule has 0 aliphatic carbocycles. The minimum absolute atomic E-state index is 0.189. The number of carbonyl (C=O) groups is 1. The SMILES string of the molecule is COc1cccc(CN2C(=O)C(O)=C(c3ccc(C)cc3)[C@@H]2c2ccccc2)c1. The molecule has 0 radical (unpaired) electrons. The maximum absolute atomic E-state index is 13.1. The average molecular weight is 385 g/mol. The van der Waals surface area contributed by atoms with Crippen LogP contribution in [0.1, 0.15) is 28.3 Å². The molecule has 0 unspecified atom stereocenters. The Morgan fingerprint density at radius 3 is 2.38 bits per heavy atom. The Morgan fingerprint density at radius 1 is 0.966 bits per heavy atom. The van der Waals surface area contributed by atoms with E-state index in [0.717, 1.165) is 28.0 Å². The van der Waals surface area contributed by atoms with E-state index in [1.54, 1.807) is 12.0 Å². The van der Waals surface area contributed by atoms with Gasteiger partial charge >= 0.3 is 0 Å². The highest BCUT2D eigenvalue weighted by Gasteiger charge is 2.40. The van der Waals surface area contributed by atoms with Crippen molar-refractivity contribution in [3.8, 4) is 5.75 Å². The zero-order valence-electron chi connectivity index (χ0n) is 16.5. The molecule has 4 nitrogen and oxygen atoms in total. The molecule has 4 rings (SSSR count). The van der Waals surface area contributed by atoms with Gasteiger partial charge in [-0.3, -0.25) is 4.79 Å². The van der Waals surface area contributed by atoms with Crippen molar-refractivity contribution in [1.82, 2.24) is 4.90 Å². The molecule has 1 amide bonds. The van der Waals surface area contributed by atoms with Crippen LogP contribution in [0, 0.1) is 6.92 Å². The quantitative estimate of drug-likeness (QED) is 0.668. The average Bonchev–Trinajstić information content (AvgIpc) is 3.00. The van der Waals surface area contributed by atoms with Crippen molar-refractivity contribution in [2.45, 2.75) is 19.5 Å². The number of rotatable bonds is 5. The fraction of sp³-hybridized carbons (Fsp3) is 0.160. The van der Waals surface area contributed by atoms with Crippen molar-refractivity contribution in [3.63, 3.8) is 0 Å². The van der Waals surface area contributed by atoms with Crippen LogP contribution < -0.4 is 4.74 Å². The molecule has 0 fully saturated rings. The molecule has 1 aliphatic rings. The number of aliphatic hydroxyl groups excluding tert-OH is 1. The second-order valence-corrected chi connectivity index (χ2v) is 7.23. The van der Waals surface area contributed by atoms with Gasteiger partial charge in [0.05, 0.1) is 13.2 Å². The maximum Gasteiger partial charge on any atom is 0.290 e. The molecule has 1 aliphatic heterocycles. The van der Waals surface area contributed by atoms with Crippen molar-refractivity contribution in [1.29, 1.82) is 0 Å². The van der Waals surface area contributed by atoms with Gasteiger partial charge in [-0.2, -0.15) is 0 Å². The monoisotopic (exact) mass is 385 g/mol. The lowest BCUT2D eigenvalue weighted by molar-refractivity contribution is -0.130. The topological polar surface area (TPSA) is 49.8 Å². The Kier molecular flexibility index (Phi) is 5.09. The zero-order chi connectivity index (χ0) is 20.4. The van der Waals surface area contributed by atoms with Crippen LogP contribution in [-0.2, 0) is 11.3 Å². The Labute approximate surface area is 170 Å². The predicted octanol–water partition coefficient (Wildman–Crippen LogP) is 5.06. The van der Waals surface area contributed by atoms with E-state index < -0.39 is 0 Å². The summed E-state index contributed by atoms with van der Waals surface area (Å²) in [5, 5.41) is 10.8. The van der Waals surface area contributed by atoms with E-state index in [0.29, 0.717) is 12.1 Å². The molecule has 0 bridgehead atoms. The normalized spacial score (nSPS) is 16.4. The summed E-state index contributed by atoms with van der Waals surface area (Å²) in [6, 6.07) is 25.0. The minimum atomic E-state index is -0.364. The van der Waals surface area contributed by atoms with Crippen LogP contribution in [-0.4, -0.2) is 23.0 Å². The second kappa shape index (κ2) is 7.84. The molecule has 3 aromatic rings. The predicted molar refractivity (Wildman–Crippen MR) is 113 cm³/mol. The number of aliphatic hydroxyl groups is 1. The van der Waals surface area contributed by atoms with Gasteiger partial charge in [0.25, 0.3) is 5.91 Å². The van der Waals surface area contributed by atoms with Crippen molar-refractivity contribution in [2.75, 3.05) is 7.11 Å². The lowest BCUT2D eigenvalue weighted by Crippen LogP contribution is -2.29.